The molecule has 3 heterocycles. The first kappa shape index (κ1) is 16.1. The summed E-state index contributed by atoms with van der Waals surface area (Å²) in [6.45, 7) is 3.99. The van der Waals surface area contributed by atoms with Gasteiger partial charge in [-0.2, -0.15) is 0 Å². The van der Waals surface area contributed by atoms with E-state index in [1.165, 1.54) is 0 Å². The first-order valence-corrected chi connectivity index (χ1v) is 9.43. The van der Waals surface area contributed by atoms with Gasteiger partial charge in [0.05, 0.1) is 24.9 Å². The Morgan fingerprint density at radius 2 is 1.92 bits per heavy atom. The monoisotopic (exact) mass is 368 g/mol. The van der Waals surface area contributed by atoms with Crippen molar-refractivity contribution in [2.24, 2.45) is 24.8 Å². The molecule has 2 fully saturated rings. The normalized spacial score (nSPS) is 24.8. The maximum Gasteiger partial charge on any atom is 0.123 e. The Hall–Kier alpha value is -2.11. The van der Waals surface area contributed by atoms with Gasteiger partial charge in [-0.25, -0.2) is 4.98 Å². The molecule has 0 spiro atoms. The standard InChI is InChI=1S/C20H21ClN4O/c1-24-19-6-7-22-8-18(19)23-20(24)11-25-9-15-16(10-25)17(15)12-26-14-4-2-13(21)3-5-14/h2-8,15-17H,9-12H2,1H3/t15-,16+,17?. The molecule has 26 heavy (non-hydrogen) atoms. The number of hydrogen-bond acceptors (Lipinski definition) is 4. The van der Waals surface area contributed by atoms with Gasteiger partial charge in [-0.05, 0) is 42.2 Å². The molecule has 3 aromatic rings. The van der Waals surface area contributed by atoms with Crippen molar-refractivity contribution < 1.29 is 4.74 Å². The number of imidazole rings is 1. The van der Waals surface area contributed by atoms with Gasteiger partial charge >= 0.3 is 0 Å². The van der Waals surface area contributed by atoms with Crippen molar-refractivity contribution in [2.75, 3.05) is 19.7 Å². The molecule has 6 heteroatoms. The second kappa shape index (κ2) is 6.25. The number of ether oxygens (including phenoxy) is 1. The van der Waals surface area contributed by atoms with E-state index < -0.39 is 0 Å². The van der Waals surface area contributed by atoms with Crippen LogP contribution in [0, 0.1) is 17.8 Å². The van der Waals surface area contributed by atoms with Crippen molar-refractivity contribution in [1.82, 2.24) is 19.4 Å². The van der Waals surface area contributed by atoms with E-state index in [-0.39, 0.29) is 0 Å². The molecule has 1 aliphatic carbocycles. The minimum atomic E-state index is 0.687. The number of fused-ring (bicyclic) bond motifs is 2. The van der Waals surface area contributed by atoms with Crippen LogP contribution in [-0.2, 0) is 13.6 Å². The average Bonchev–Trinajstić information content (AvgIpc) is 2.98. The maximum absolute atomic E-state index is 5.93. The second-order valence-corrected chi connectivity index (χ2v) is 7.84. The number of aromatic nitrogens is 3. The van der Waals surface area contributed by atoms with Crippen LogP contribution in [0.25, 0.3) is 11.0 Å². The third kappa shape index (κ3) is 2.85. The van der Waals surface area contributed by atoms with Crippen molar-refractivity contribution in [1.29, 1.82) is 0 Å². The third-order valence-corrected chi connectivity index (χ3v) is 6.10. The van der Waals surface area contributed by atoms with Crippen molar-refractivity contribution >= 4 is 22.6 Å². The topological polar surface area (TPSA) is 43.2 Å². The lowest BCUT2D eigenvalue weighted by Gasteiger charge is -2.19. The Balaban J connectivity index is 1.16. The van der Waals surface area contributed by atoms with Crippen molar-refractivity contribution in [3.05, 3.63) is 53.6 Å². The molecule has 5 nitrogen and oxygen atoms in total. The zero-order valence-electron chi connectivity index (χ0n) is 14.7. The number of piperidine rings is 1. The molecule has 0 bridgehead atoms. The summed E-state index contributed by atoms with van der Waals surface area (Å²) in [7, 11) is 2.09. The van der Waals surface area contributed by atoms with Crippen LogP contribution in [-0.4, -0.2) is 39.1 Å². The molecule has 1 aliphatic heterocycles. The van der Waals surface area contributed by atoms with Gasteiger partial charge in [0.1, 0.15) is 17.1 Å². The number of rotatable bonds is 5. The lowest BCUT2D eigenvalue weighted by Crippen LogP contribution is -2.26. The molecule has 0 radical (unpaired) electrons. The van der Waals surface area contributed by atoms with Gasteiger partial charge in [0.25, 0.3) is 0 Å². The number of nitrogens with zero attached hydrogens (tertiary/aromatic N) is 4. The Morgan fingerprint density at radius 3 is 2.65 bits per heavy atom. The van der Waals surface area contributed by atoms with Crippen molar-refractivity contribution in [3.63, 3.8) is 0 Å². The summed E-state index contributed by atoms with van der Waals surface area (Å²) in [6.07, 6.45) is 3.66. The van der Waals surface area contributed by atoms with Gasteiger partial charge in [-0.1, -0.05) is 11.6 Å². The predicted octanol–water partition coefficient (Wildman–Crippen LogP) is 3.38. The molecule has 0 amide bonds. The largest absolute Gasteiger partial charge is 0.493 e. The molecule has 0 N–H and O–H groups in total. The minimum absolute atomic E-state index is 0.687. The lowest BCUT2D eigenvalue weighted by molar-refractivity contribution is 0.226. The molecule has 134 valence electrons. The first-order chi connectivity index (χ1) is 12.7. The number of likely N-dealkylation sites (tertiary alicyclic amines) is 1. The van der Waals surface area contributed by atoms with E-state index in [2.05, 4.69) is 21.5 Å². The van der Waals surface area contributed by atoms with Crippen LogP contribution in [0.4, 0.5) is 0 Å². The molecule has 5 rings (SSSR count). The van der Waals surface area contributed by atoms with Gasteiger partial charge < -0.3 is 9.30 Å². The fourth-order valence-electron chi connectivity index (χ4n) is 4.28. The van der Waals surface area contributed by atoms with Crippen LogP contribution in [0.1, 0.15) is 5.82 Å². The van der Waals surface area contributed by atoms with Gasteiger partial charge in [-0.15, -0.1) is 0 Å². The van der Waals surface area contributed by atoms with Crippen LogP contribution in [0.5, 0.6) is 5.75 Å². The highest BCUT2D eigenvalue weighted by Gasteiger charge is 2.55. The fourth-order valence-corrected chi connectivity index (χ4v) is 4.41. The molecular formula is C20H21ClN4O. The second-order valence-electron chi connectivity index (χ2n) is 7.40. The summed E-state index contributed by atoms with van der Waals surface area (Å²) >= 11 is 5.91. The predicted molar refractivity (Wildman–Crippen MR) is 101 cm³/mol. The van der Waals surface area contributed by atoms with Gasteiger partial charge in [0, 0.05) is 37.3 Å². The minimum Gasteiger partial charge on any atom is -0.493 e. The summed E-state index contributed by atoms with van der Waals surface area (Å²) in [5, 5.41) is 0.744. The molecule has 1 unspecified atom stereocenters. The van der Waals surface area contributed by atoms with E-state index in [0.717, 1.165) is 65.7 Å². The summed E-state index contributed by atoms with van der Waals surface area (Å²) in [6, 6.07) is 9.65. The zero-order valence-corrected chi connectivity index (χ0v) is 15.4. The van der Waals surface area contributed by atoms with Gasteiger partial charge in [-0.3, -0.25) is 9.88 Å². The van der Waals surface area contributed by atoms with Crippen molar-refractivity contribution in [3.8, 4) is 5.75 Å². The Labute approximate surface area is 157 Å². The molecule has 2 aromatic heterocycles. The maximum atomic E-state index is 5.93. The lowest BCUT2D eigenvalue weighted by atomic mass is 10.2. The van der Waals surface area contributed by atoms with Crippen LogP contribution in [0.15, 0.2) is 42.7 Å². The highest BCUT2D eigenvalue weighted by Crippen LogP contribution is 2.52. The summed E-state index contributed by atoms with van der Waals surface area (Å²) in [5.41, 5.74) is 2.12. The molecule has 1 saturated carbocycles. The van der Waals surface area contributed by atoms with E-state index in [1.807, 2.05) is 42.7 Å². The average molecular weight is 369 g/mol. The van der Waals surface area contributed by atoms with E-state index in [9.17, 15) is 0 Å². The smallest absolute Gasteiger partial charge is 0.123 e. The quantitative estimate of drug-likeness (QED) is 0.692. The number of benzene rings is 1. The van der Waals surface area contributed by atoms with Crippen LogP contribution < -0.4 is 4.74 Å². The first-order valence-electron chi connectivity index (χ1n) is 9.05. The van der Waals surface area contributed by atoms with Crippen molar-refractivity contribution in [2.45, 2.75) is 6.54 Å². The summed E-state index contributed by atoms with van der Waals surface area (Å²) in [4.78, 5) is 11.4. The molecule has 2 aliphatic rings. The number of aryl methyl sites for hydroxylation is 1. The zero-order chi connectivity index (χ0) is 17.7. The van der Waals surface area contributed by atoms with E-state index in [1.54, 1.807) is 0 Å². The molecule has 1 aromatic carbocycles. The van der Waals surface area contributed by atoms with Crippen LogP contribution in [0.2, 0.25) is 5.02 Å². The molecular weight excluding hydrogens is 348 g/mol. The van der Waals surface area contributed by atoms with Crippen LogP contribution >= 0.6 is 11.6 Å². The fraction of sp³-hybridized carbons (Fsp3) is 0.400. The molecule has 3 atom stereocenters. The van der Waals surface area contributed by atoms with Crippen LogP contribution in [0.3, 0.4) is 0 Å². The third-order valence-electron chi connectivity index (χ3n) is 5.84. The van der Waals surface area contributed by atoms with E-state index in [0.29, 0.717) is 5.92 Å². The highest BCUT2D eigenvalue weighted by molar-refractivity contribution is 6.30. The number of pyridine rings is 1. The highest BCUT2D eigenvalue weighted by atomic mass is 35.5. The van der Waals surface area contributed by atoms with E-state index in [4.69, 9.17) is 21.3 Å². The number of halogens is 1. The van der Waals surface area contributed by atoms with Gasteiger partial charge in [0.15, 0.2) is 0 Å². The SMILES string of the molecule is Cn1c(CN2C[C@@H]3C(COc4ccc(Cl)cc4)[C@@H]3C2)nc2cnccc21. The Bertz CT molecular complexity index is 927. The molecule has 1 saturated heterocycles. The Kier molecular flexibility index (Phi) is 3.87. The van der Waals surface area contributed by atoms with Gasteiger partial charge in [0.2, 0.25) is 0 Å². The number of hydrogen-bond donors (Lipinski definition) is 0. The van der Waals surface area contributed by atoms with E-state index >= 15 is 0 Å². The Morgan fingerprint density at radius 1 is 1.15 bits per heavy atom. The summed E-state index contributed by atoms with van der Waals surface area (Å²) < 4.78 is 8.12. The summed E-state index contributed by atoms with van der Waals surface area (Å²) in [5.74, 6) is 4.23.